The monoisotopic (exact) mass is 392 g/mol. The third kappa shape index (κ3) is 3.84. The number of amides is 2. The molecule has 2 aromatic rings. The van der Waals surface area contributed by atoms with Gasteiger partial charge in [0.05, 0.1) is 0 Å². The average Bonchev–Trinajstić information content (AvgIpc) is 3.56. The summed E-state index contributed by atoms with van der Waals surface area (Å²) in [5.74, 6) is -0.151. The standard InChI is InChI=1S/C23H28N4O2/c1-17-4-3-5-20(18(17)2)26-12-14-27(15-13-26)22(29)23(8-9-23)21(28)25-16-19-6-10-24-11-7-19/h3-7,10-11H,8-9,12-16H2,1-2H3,(H,25,28). The van der Waals surface area contributed by atoms with Crippen LogP contribution in [0.1, 0.15) is 29.5 Å². The molecule has 1 saturated heterocycles. The molecule has 1 aliphatic heterocycles. The molecule has 0 spiro atoms. The van der Waals surface area contributed by atoms with E-state index in [9.17, 15) is 9.59 Å². The Hall–Kier alpha value is -2.89. The molecule has 2 fully saturated rings. The fraction of sp³-hybridized carbons (Fsp3) is 0.435. The van der Waals surface area contributed by atoms with Gasteiger partial charge in [-0.1, -0.05) is 12.1 Å². The summed E-state index contributed by atoms with van der Waals surface area (Å²) in [6.45, 7) is 7.61. The summed E-state index contributed by atoms with van der Waals surface area (Å²) in [6.07, 6.45) is 4.69. The van der Waals surface area contributed by atoms with E-state index in [-0.39, 0.29) is 11.8 Å². The fourth-order valence-electron chi connectivity index (χ4n) is 4.05. The Morgan fingerprint density at radius 1 is 1.03 bits per heavy atom. The number of rotatable bonds is 5. The molecule has 2 amide bonds. The van der Waals surface area contributed by atoms with Crippen LogP contribution in [0.25, 0.3) is 0 Å². The molecule has 1 N–H and O–H groups in total. The van der Waals surface area contributed by atoms with Gasteiger partial charge in [-0.3, -0.25) is 14.6 Å². The van der Waals surface area contributed by atoms with Crippen molar-refractivity contribution in [1.82, 2.24) is 15.2 Å². The van der Waals surface area contributed by atoms with Crippen molar-refractivity contribution in [3.63, 3.8) is 0 Å². The number of anilines is 1. The normalized spacial score (nSPS) is 17.7. The molecule has 1 aromatic carbocycles. The van der Waals surface area contributed by atoms with Gasteiger partial charge in [0, 0.05) is 50.8 Å². The van der Waals surface area contributed by atoms with Gasteiger partial charge in [0.15, 0.2) is 0 Å². The van der Waals surface area contributed by atoms with E-state index < -0.39 is 5.41 Å². The summed E-state index contributed by atoms with van der Waals surface area (Å²) < 4.78 is 0. The maximum absolute atomic E-state index is 13.1. The van der Waals surface area contributed by atoms with Crippen LogP contribution in [0.15, 0.2) is 42.7 Å². The predicted octanol–water partition coefficient (Wildman–Crippen LogP) is 2.44. The van der Waals surface area contributed by atoms with Crippen molar-refractivity contribution in [3.8, 4) is 0 Å². The van der Waals surface area contributed by atoms with Gasteiger partial charge in [0.25, 0.3) is 0 Å². The molecular formula is C23H28N4O2. The van der Waals surface area contributed by atoms with E-state index >= 15 is 0 Å². The summed E-state index contributed by atoms with van der Waals surface area (Å²) in [5, 5.41) is 2.95. The number of pyridine rings is 1. The highest BCUT2D eigenvalue weighted by Crippen LogP contribution is 2.47. The summed E-state index contributed by atoms with van der Waals surface area (Å²) in [4.78, 5) is 34.1. The number of piperazine rings is 1. The first-order valence-electron chi connectivity index (χ1n) is 10.3. The molecule has 1 aromatic heterocycles. The van der Waals surface area contributed by atoms with Gasteiger partial charge in [0.1, 0.15) is 5.41 Å². The zero-order valence-electron chi connectivity index (χ0n) is 17.1. The Balaban J connectivity index is 1.35. The largest absolute Gasteiger partial charge is 0.368 e. The maximum atomic E-state index is 13.1. The van der Waals surface area contributed by atoms with Crippen molar-refractivity contribution in [2.45, 2.75) is 33.2 Å². The van der Waals surface area contributed by atoms with Crippen LogP contribution in [0.3, 0.4) is 0 Å². The van der Waals surface area contributed by atoms with Crippen LogP contribution >= 0.6 is 0 Å². The minimum Gasteiger partial charge on any atom is -0.368 e. The van der Waals surface area contributed by atoms with Crippen molar-refractivity contribution >= 4 is 17.5 Å². The third-order valence-electron chi connectivity index (χ3n) is 6.28. The van der Waals surface area contributed by atoms with Gasteiger partial charge < -0.3 is 15.1 Å². The van der Waals surface area contributed by atoms with E-state index in [0.717, 1.165) is 18.7 Å². The highest BCUT2D eigenvalue weighted by atomic mass is 16.2. The number of aromatic nitrogens is 1. The van der Waals surface area contributed by atoms with Gasteiger partial charge in [-0.2, -0.15) is 0 Å². The lowest BCUT2D eigenvalue weighted by molar-refractivity contribution is -0.144. The van der Waals surface area contributed by atoms with Crippen LogP contribution < -0.4 is 10.2 Å². The molecule has 0 atom stereocenters. The molecule has 6 heteroatoms. The van der Waals surface area contributed by atoms with Crippen LogP contribution in [0.2, 0.25) is 0 Å². The zero-order chi connectivity index (χ0) is 20.4. The Morgan fingerprint density at radius 3 is 2.38 bits per heavy atom. The summed E-state index contributed by atoms with van der Waals surface area (Å²) in [5.41, 5.74) is 3.95. The minimum absolute atomic E-state index is 0.00894. The van der Waals surface area contributed by atoms with Crippen molar-refractivity contribution in [1.29, 1.82) is 0 Å². The van der Waals surface area contributed by atoms with Gasteiger partial charge in [-0.25, -0.2) is 0 Å². The Bertz CT molecular complexity index is 900. The molecule has 2 aliphatic rings. The maximum Gasteiger partial charge on any atom is 0.238 e. The molecule has 29 heavy (non-hydrogen) atoms. The lowest BCUT2D eigenvalue weighted by atomic mass is 10.0. The number of carbonyl (C=O) groups excluding carboxylic acids is 2. The molecule has 4 rings (SSSR count). The lowest BCUT2D eigenvalue weighted by Crippen LogP contribution is -2.53. The van der Waals surface area contributed by atoms with E-state index in [2.05, 4.69) is 47.2 Å². The van der Waals surface area contributed by atoms with Gasteiger partial charge in [0.2, 0.25) is 11.8 Å². The summed E-state index contributed by atoms with van der Waals surface area (Å²) in [6, 6.07) is 10.1. The molecule has 1 saturated carbocycles. The second kappa shape index (κ2) is 7.85. The third-order valence-corrected chi connectivity index (χ3v) is 6.28. The van der Waals surface area contributed by atoms with E-state index in [1.54, 1.807) is 12.4 Å². The van der Waals surface area contributed by atoms with Crippen molar-refractivity contribution in [2.24, 2.45) is 5.41 Å². The first kappa shape index (κ1) is 19.4. The average molecular weight is 393 g/mol. The highest BCUT2D eigenvalue weighted by Gasteiger charge is 2.58. The van der Waals surface area contributed by atoms with Crippen molar-refractivity contribution < 1.29 is 9.59 Å². The first-order chi connectivity index (χ1) is 14.0. The topological polar surface area (TPSA) is 65.5 Å². The number of hydrogen-bond donors (Lipinski definition) is 1. The first-order valence-corrected chi connectivity index (χ1v) is 10.3. The molecule has 152 valence electrons. The molecule has 2 heterocycles. The van der Waals surface area contributed by atoms with Gasteiger partial charge in [-0.15, -0.1) is 0 Å². The number of aryl methyl sites for hydroxylation is 1. The van der Waals surface area contributed by atoms with Gasteiger partial charge >= 0.3 is 0 Å². The molecule has 0 bridgehead atoms. The number of carbonyl (C=O) groups is 2. The molecule has 6 nitrogen and oxygen atoms in total. The number of benzene rings is 1. The molecule has 0 unspecified atom stereocenters. The van der Waals surface area contributed by atoms with Crippen molar-refractivity contribution in [3.05, 3.63) is 59.4 Å². The smallest absolute Gasteiger partial charge is 0.238 e. The fourth-order valence-corrected chi connectivity index (χ4v) is 4.05. The minimum atomic E-state index is -0.853. The Kier molecular flexibility index (Phi) is 5.26. The van der Waals surface area contributed by atoms with E-state index in [0.29, 0.717) is 32.5 Å². The summed E-state index contributed by atoms with van der Waals surface area (Å²) >= 11 is 0. The van der Waals surface area contributed by atoms with E-state index in [1.807, 2.05) is 17.0 Å². The van der Waals surface area contributed by atoms with Crippen LogP contribution in [0.4, 0.5) is 5.69 Å². The van der Waals surface area contributed by atoms with E-state index in [4.69, 9.17) is 0 Å². The van der Waals surface area contributed by atoms with Crippen molar-refractivity contribution in [2.75, 3.05) is 31.1 Å². The second-order valence-corrected chi connectivity index (χ2v) is 8.12. The quantitative estimate of drug-likeness (QED) is 0.794. The molecular weight excluding hydrogens is 364 g/mol. The summed E-state index contributed by atoms with van der Waals surface area (Å²) in [7, 11) is 0. The second-order valence-electron chi connectivity index (χ2n) is 8.12. The molecule has 1 aliphatic carbocycles. The zero-order valence-corrected chi connectivity index (χ0v) is 17.1. The van der Waals surface area contributed by atoms with Crippen LogP contribution in [0, 0.1) is 19.3 Å². The van der Waals surface area contributed by atoms with Crippen LogP contribution in [0.5, 0.6) is 0 Å². The van der Waals surface area contributed by atoms with Crippen LogP contribution in [-0.2, 0) is 16.1 Å². The predicted molar refractivity (Wildman–Crippen MR) is 112 cm³/mol. The molecule has 0 radical (unpaired) electrons. The Morgan fingerprint density at radius 2 is 1.72 bits per heavy atom. The Labute approximate surface area is 171 Å². The van der Waals surface area contributed by atoms with Gasteiger partial charge in [-0.05, 0) is 61.6 Å². The lowest BCUT2D eigenvalue weighted by Gasteiger charge is -2.38. The number of nitrogens with one attached hydrogen (secondary N) is 1. The highest BCUT2D eigenvalue weighted by molar-refractivity contribution is 6.07. The number of nitrogens with zero attached hydrogens (tertiary/aromatic N) is 3. The van der Waals surface area contributed by atoms with Crippen LogP contribution in [-0.4, -0.2) is 47.9 Å². The number of hydrogen-bond acceptors (Lipinski definition) is 4. The SMILES string of the molecule is Cc1cccc(N2CCN(C(=O)C3(C(=O)NCc4ccncc4)CC3)CC2)c1C. The van der Waals surface area contributed by atoms with E-state index in [1.165, 1.54) is 16.8 Å².